The van der Waals surface area contributed by atoms with E-state index in [-0.39, 0.29) is 0 Å². The van der Waals surface area contributed by atoms with Crippen LogP contribution in [-0.4, -0.2) is 29.6 Å². The Labute approximate surface area is 118 Å². The van der Waals surface area contributed by atoms with Gasteiger partial charge in [-0.25, -0.2) is 0 Å². The Balaban J connectivity index is 2.58. The third-order valence-corrected chi connectivity index (χ3v) is 4.93. The molecule has 0 aliphatic carbocycles. The highest BCUT2D eigenvalue weighted by molar-refractivity contribution is 6.61. The summed E-state index contributed by atoms with van der Waals surface area (Å²) in [6, 6.07) is 8.07. The average Bonchev–Trinajstić information content (AvgIpc) is 2.46. The Hall–Kier alpha value is -0.843. The molecule has 0 spiro atoms. The first-order chi connectivity index (χ1) is 9.31. The van der Waals surface area contributed by atoms with E-state index >= 15 is 0 Å². The van der Waals surface area contributed by atoms with Gasteiger partial charge < -0.3 is 13.6 Å². The predicted octanol–water partition coefficient (Wildman–Crippen LogP) is 2.76. The molecule has 0 amide bonds. The first-order valence-corrected chi connectivity index (χ1v) is 8.71. The quantitative estimate of drug-likeness (QED) is 0.488. The molecular weight excluding hydrogens is 256 g/mol. The van der Waals surface area contributed by atoms with Gasteiger partial charge in [-0.2, -0.15) is 0 Å². The minimum absolute atomic E-state index is 0.797. The largest absolute Gasteiger partial charge is 0.497 e. The van der Waals surface area contributed by atoms with Crippen LogP contribution in [0.1, 0.15) is 39.5 Å². The number of unbranched alkanes of at least 4 members (excludes halogenated alkanes) is 2. The molecule has 0 heterocycles. The van der Waals surface area contributed by atoms with Crippen LogP contribution in [-0.2, 0) is 8.85 Å². The molecule has 108 valence electrons. The summed E-state index contributed by atoms with van der Waals surface area (Å²) in [7, 11) is -0.0625. The number of ether oxygens (including phenoxy) is 1. The molecule has 0 unspecified atom stereocenters. The van der Waals surface area contributed by atoms with Crippen LogP contribution in [0.5, 0.6) is 5.75 Å². The van der Waals surface area contributed by atoms with Crippen molar-refractivity contribution in [1.82, 2.24) is 0 Å². The van der Waals surface area contributed by atoms with E-state index in [4.69, 9.17) is 13.6 Å². The normalized spacial score (nSPS) is 10.9. The van der Waals surface area contributed by atoms with Crippen molar-refractivity contribution in [1.29, 1.82) is 0 Å². The van der Waals surface area contributed by atoms with Gasteiger partial charge in [0.2, 0.25) is 0 Å². The molecule has 0 aliphatic rings. The molecule has 4 heteroatoms. The van der Waals surface area contributed by atoms with Gasteiger partial charge in [0.25, 0.3) is 0 Å². The average molecular weight is 282 g/mol. The summed E-state index contributed by atoms with van der Waals surface area (Å²) >= 11 is 0. The van der Waals surface area contributed by atoms with E-state index in [0.29, 0.717) is 0 Å². The summed E-state index contributed by atoms with van der Waals surface area (Å²) in [4.78, 5) is 0. The first-order valence-electron chi connectivity index (χ1n) is 7.19. The summed E-state index contributed by atoms with van der Waals surface area (Å²) in [6.45, 7) is 5.94. The number of hydrogen-bond donors (Lipinski definition) is 0. The van der Waals surface area contributed by atoms with Crippen molar-refractivity contribution in [3.8, 4) is 5.75 Å². The molecule has 19 heavy (non-hydrogen) atoms. The molecule has 0 bridgehead atoms. The van der Waals surface area contributed by atoms with Crippen LogP contribution in [0.2, 0.25) is 0 Å². The molecule has 0 saturated carbocycles. The Morgan fingerprint density at radius 2 is 1.42 bits per heavy atom. The zero-order valence-corrected chi connectivity index (χ0v) is 13.5. The molecule has 0 aromatic heterocycles. The van der Waals surface area contributed by atoms with Gasteiger partial charge in [0, 0.05) is 13.2 Å². The second-order valence-electron chi connectivity index (χ2n) is 4.55. The molecule has 0 fully saturated rings. The Morgan fingerprint density at radius 1 is 0.895 bits per heavy atom. The lowest BCUT2D eigenvalue weighted by atomic mass is 10.3. The molecule has 0 atom stereocenters. The number of hydrogen-bond acceptors (Lipinski definition) is 3. The van der Waals surface area contributed by atoms with E-state index in [1.165, 1.54) is 5.19 Å². The molecule has 3 nitrogen and oxygen atoms in total. The predicted molar refractivity (Wildman–Crippen MR) is 81.5 cm³/mol. The van der Waals surface area contributed by atoms with Crippen molar-refractivity contribution in [3.63, 3.8) is 0 Å². The van der Waals surface area contributed by atoms with E-state index in [2.05, 4.69) is 26.0 Å². The third-order valence-electron chi connectivity index (χ3n) is 2.92. The third kappa shape index (κ3) is 6.23. The topological polar surface area (TPSA) is 27.7 Å². The molecule has 0 aliphatic heterocycles. The molecule has 0 saturated heterocycles. The zero-order valence-electron chi connectivity index (χ0n) is 12.4. The van der Waals surface area contributed by atoms with Gasteiger partial charge in [-0.15, -0.1) is 0 Å². The van der Waals surface area contributed by atoms with E-state index in [9.17, 15) is 0 Å². The molecule has 0 radical (unpaired) electrons. The maximum Gasteiger partial charge on any atom is 0.355 e. The van der Waals surface area contributed by atoms with Gasteiger partial charge in [0.1, 0.15) is 5.75 Å². The molecule has 1 aromatic carbocycles. The summed E-state index contributed by atoms with van der Waals surface area (Å²) in [5.41, 5.74) is 0. The van der Waals surface area contributed by atoms with Crippen molar-refractivity contribution in [3.05, 3.63) is 24.3 Å². The van der Waals surface area contributed by atoms with Crippen molar-refractivity contribution in [2.45, 2.75) is 39.5 Å². The van der Waals surface area contributed by atoms with Gasteiger partial charge in [0.05, 0.1) is 7.11 Å². The minimum Gasteiger partial charge on any atom is -0.497 e. The van der Waals surface area contributed by atoms with Crippen LogP contribution in [0.25, 0.3) is 0 Å². The van der Waals surface area contributed by atoms with Gasteiger partial charge in [-0.05, 0) is 30.2 Å². The maximum absolute atomic E-state index is 5.96. The second kappa shape index (κ2) is 10.0. The van der Waals surface area contributed by atoms with E-state index in [1.54, 1.807) is 7.11 Å². The fraction of sp³-hybridized carbons (Fsp3) is 0.600. The Morgan fingerprint density at radius 3 is 1.84 bits per heavy atom. The fourth-order valence-corrected chi connectivity index (χ4v) is 3.42. The monoisotopic (exact) mass is 282 g/mol. The zero-order chi connectivity index (χ0) is 13.9. The van der Waals surface area contributed by atoms with E-state index in [0.717, 1.165) is 44.6 Å². The summed E-state index contributed by atoms with van der Waals surface area (Å²) < 4.78 is 17.1. The van der Waals surface area contributed by atoms with Crippen LogP contribution in [0.15, 0.2) is 24.3 Å². The van der Waals surface area contributed by atoms with E-state index < -0.39 is 9.28 Å². The van der Waals surface area contributed by atoms with Crippen LogP contribution in [0.4, 0.5) is 0 Å². The van der Waals surface area contributed by atoms with Crippen LogP contribution in [0.3, 0.4) is 0 Å². The number of methoxy groups -OCH3 is 1. The highest BCUT2D eigenvalue weighted by atomic mass is 28.3. The summed E-state index contributed by atoms with van der Waals surface area (Å²) in [6.07, 6.45) is 4.49. The van der Waals surface area contributed by atoms with Crippen molar-refractivity contribution in [2.75, 3.05) is 20.3 Å². The Bertz CT molecular complexity index is 317. The lowest BCUT2D eigenvalue weighted by Crippen LogP contribution is -2.37. The van der Waals surface area contributed by atoms with Crippen LogP contribution in [0, 0.1) is 0 Å². The van der Waals surface area contributed by atoms with Gasteiger partial charge in [-0.1, -0.05) is 38.8 Å². The van der Waals surface area contributed by atoms with Crippen molar-refractivity contribution in [2.24, 2.45) is 0 Å². The molecular formula is C15H26O3Si. The first kappa shape index (κ1) is 16.2. The SMILES string of the molecule is CCCCO[SiH](OCCCC)c1ccc(OC)cc1. The van der Waals surface area contributed by atoms with E-state index in [1.807, 2.05) is 12.1 Å². The van der Waals surface area contributed by atoms with Gasteiger partial charge in [0.15, 0.2) is 0 Å². The van der Waals surface area contributed by atoms with Crippen molar-refractivity contribution >= 4 is 14.5 Å². The fourth-order valence-electron chi connectivity index (χ4n) is 1.67. The molecule has 1 rings (SSSR count). The van der Waals surface area contributed by atoms with Crippen molar-refractivity contribution < 1.29 is 13.6 Å². The number of benzene rings is 1. The lowest BCUT2D eigenvalue weighted by Gasteiger charge is -2.17. The maximum atomic E-state index is 5.96. The minimum atomic E-state index is -1.74. The molecule has 0 N–H and O–H groups in total. The smallest absolute Gasteiger partial charge is 0.355 e. The number of rotatable bonds is 10. The highest BCUT2D eigenvalue weighted by Crippen LogP contribution is 2.07. The standard InChI is InChI=1S/C15H26O3Si/c1-4-6-12-17-19(18-13-7-5-2)15-10-8-14(16-3)9-11-15/h8-11,19H,4-7,12-13H2,1-3H3. The van der Waals surface area contributed by atoms with Gasteiger partial charge in [-0.3, -0.25) is 0 Å². The summed E-state index contributed by atoms with van der Waals surface area (Å²) in [5, 5.41) is 1.19. The second-order valence-corrected chi connectivity index (χ2v) is 6.55. The van der Waals surface area contributed by atoms with Crippen LogP contribution >= 0.6 is 0 Å². The molecule has 1 aromatic rings. The lowest BCUT2D eigenvalue weighted by molar-refractivity contribution is 0.202. The van der Waals surface area contributed by atoms with Crippen LogP contribution < -0.4 is 9.92 Å². The van der Waals surface area contributed by atoms with Gasteiger partial charge >= 0.3 is 9.28 Å². The highest BCUT2D eigenvalue weighted by Gasteiger charge is 2.16. The Kier molecular flexibility index (Phi) is 8.54. The summed E-state index contributed by atoms with van der Waals surface area (Å²) in [5.74, 6) is 0.874.